The fourth-order valence-corrected chi connectivity index (χ4v) is 3.21. The number of hydrogen-bond acceptors (Lipinski definition) is 7. The molecule has 172 valence electrons. The second kappa shape index (κ2) is 11.0. The third-order valence-electron chi connectivity index (χ3n) is 4.58. The molecule has 1 aromatic heterocycles. The van der Waals surface area contributed by atoms with Gasteiger partial charge < -0.3 is 29.3 Å². The van der Waals surface area contributed by atoms with Gasteiger partial charge in [0.15, 0.2) is 16.6 Å². The maximum Gasteiger partial charge on any atom is 0.257 e. The topological polar surface area (TPSA) is 111 Å². The van der Waals surface area contributed by atoms with Crippen molar-refractivity contribution in [1.29, 1.82) is 0 Å². The number of thiocarbonyl (C=S) groups is 1. The van der Waals surface area contributed by atoms with Gasteiger partial charge in [0.2, 0.25) is 5.75 Å². The molecule has 0 saturated carbocycles. The van der Waals surface area contributed by atoms with E-state index in [2.05, 4.69) is 16.0 Å². The molecule has 3 N–H and O–H groups in total. The van der Waals surface area contributed by atoms with Gasteiger partial charge in [-0.05, 0) is 48.6 Å². The van der Waals surface area contributed by atoms with Gasteiger partial charge in [-0.1, -0.05) is 12.1 Å². The van der Waals surface area contributed by atoms with Crippen molar-refractivity contribution < 1.29 is 28.2 Å². The molecule has 0 saturated heterocycles. The zero-order valence-corrected chi connectivity index (χ0v) is 19.1. The van der Waals surface area contributed by atoms with E-state index in [9.17, 15) is 9.59 Å². The highest BCUT2D eigenvalue weighted by molar-refractivity contribution is 7.80. The minimum absolute atomic E-state index is 0.0139. The number of methoxy groups -OCH3 is 3. The van der Waals surface area contributed by atoms with Crippen LogP contribution in [0.5, 0.6) is 17.2 Å². The van der Waals surface area contributed by atoms with Crippen LogP contribution in [0.15, 0.2) is 59.2 Å². The van der Waals surface area contributed by atoms with Gasteiger partial charge in [-0.2, -0.15) is 0 Å². The fourth-order valence-electron chi connectivity index (χ4n) is 3.01. The highest BCUT2D eigenvalue weighted by atomic mass is 32.1. The maximum atomic E-state index is 12.8. The van der Waals surface area contributed by atoms with Gasteiger partial charge in [-0.15, -0.1) is 0 Å². The summed E-state index contributed by atoms with van der Waals surface area (Å²) in [4.78, 5) is 25.4. The van der Waals surface area contributed by atoms with E-state index in [1.165, 1.54) is 39.7 Å². The molecule has 33 heavy (non-hydrogen) atoms. The van der Waals surface area contributed by atoms with Gasteiger partial charge in [0, 0.05) is 5.56 Å². The molecule has 3 rings (SSSR count). The predicted octanol–water partition coefficient (Wildman–Crippen LogP) is 3.36. The first-order valence-electron chi connectivity index (χ1n) is 9.78. The number of anilines is 1. The van der Waals surface area contributed by atoms with E-state index < -0.39 is 5.91 Å². The van der Waals surface area contributed by atoms with Gasteiger partial charge in [-0.3, -0.25) is 14.9 Å². The minimum Gasteiger partial charge on any atom is -0.493 e. The molecule has 0 aliphatic rings. The summed E-state index contributed by atoms with van der Waals surface area (Å²) in [5, 5.41) is 8.27. The Kier molecular flexibility index (Phi) is 7.87. The standard InChI is InChI=1S/C23H23N3O6S/c1-29-18-11-14(12-19(30-2)20(18)31-3)21(27)26-23(33)25-17-9-5-4-8-16(17)22(28)24-13-15-7-6-10-32-15/h4-12H,13H2,1-3H3,(H,24,28)(H2,25,26,27,33). The summed E-state index contributed by atoms with van der Waals surface area (Å²) in [6.45, 7) is 0.239. The Morgan fingerprint density at radius 1 is 0.939 bits per heavy atom. The van der Waals surface area contributed by atoms with E-state index in [1.54, 1.807) is 36.4 Å². The number of amides is 2. The molecule has 0 fully saturated rings. The van der Waals surface area contributed by atoms with E-state index in [0.29, 0.717) is 34.3 Å². The van der Waals surface area contributed by atoms with Crippen molar-refractivity contribution in [3.63, 3.8) is 0 Å². The number of ether oxygens (including phenoxy) is 3. The third kappa shape index (κ3) is 5.80. The van der Waals surface area contributed by atoms with E-state index in [-0.39, 0.29) is 23.1 Å². The molecular formula is C23H23N3O6S. The van der Waals surface area contributed by atoms with Crippen molar-refractivity contribution in [2.24, 2.45) is 0 Å². The average Bonchev–Trinajstić information content (AvgIpc) is 3.35. The van der Waals surface area contributed by atoms with E-state index in [4.69, 9.17) is 30.8 Å². The second-order valence-corrected chi connectivity index (χ2v) is 7.04. The summed E-state index contributed by atoms with van der Waals surface area (Å²) in [6.07, 6.45) is 1.53. The van der Waals surface area contributed by atoms with Crippen LogP contribution in [0.3, 0.4) is 0 Å². The van der Waals surface area contributed by atoms with Crippen molar-refractivity contribution in [1.82, 2.24) is 10.6 Å². The van der Waals surface area contributed by atoms with Gasteiger partial charge in [0.1, 0.15) is 5.76 Å². The van der Waals surface area contributed by atoms with Crippen LogP contribution in [0, 0.1) is 0 Å². The first-order chi connectivity index (χ1) is 16.0. The third-order valence-corrected chi connectivity index (χ3v) is 4.78. The number of furan rings is 1. The lowest BCUT2D eigenvalue weighted by molar-refractivity contribution is 0.0947. The molecule has 0 bridgehead atoms. The number of para-hydroxylation sites is 1. The molecule has 0 unspecified atom stereocenters. The van der Waals surface area contributed by atoms with E-state index in [1.807, 2.05) is 0 Å². The van der Waals surface area contributed by atoms with Crippen LogP contribution in [-0.2, 0) is 6.54 Å². The monoisotopic (exact) mass is 469 g/mol. The first-order valence-corrected chi connectivity index (χ1v) is 10.2. The minimum atomic E-state index is -0.494. The quantitative estimate of drug-likeness (QED) is 0.431. The van der Waals surface area contributed by atoms with Crippen LogP contribution in [0.1, 0.15) is 26.5 Å². The lowest BCUT2D eigenvalue weighted by Crippen LogP contribution is -2.35. The summed E-state index contributed by atoms with van der Waals surface area (Å²) in [5.74, 6) is 0.840. The van der Waals surface area contributed by atoms with Crippen molar-refractivity contribution in [3.8, 4) is 17.2 Å². The number of nitrogens with one attached hydrogen (secondary N) is 3. The SMILES string of the molecule is COc1cc(C(=O)NC(=S)Nc2ccccc2C(=O)NCc2ccco2)cc(OC)c1OC. The molecule has 3 aromatic rings. The molecule has 0 spiro atoms. The maximum absolute atomic E-state index is 12.8. The first kappa shape index (κ1) is 23.6. The normalized spacial score (nSPS) is 10.2. The van der Waals surface area contributed by atoms with Gasteiger partial charge in [0.25, 0.3) is 11.8 Å². The summed E-state index contributed by atoms with van der Waals surface area (Å²) < 4.78 is 21.0. The summed E-state index contributed by atoms with van der Waals surface area (Å²) >= 11 is 5.28. The number of benzene rings is 2. The van der Waals surface area contributed by atoms with Gasteiger partial charge in [-0.25, -0.2) is 0 Å². The van der Waals surface area contributed by atoms with Gasteiger partial charge in [0.05, 0.1) is 45.4 Å². The number of rotatable bonds is 8. The van der Waals surface area contributed by atoms with Crippen LogP contribution in [0.2, 0.25) is 0 Å². The van der Waals surface area contributed by atoms with E-state index in [0.717, 1.165) is 0 Å². The number of carbonyl (C=O) groups excluding carboxylic acids is 2. The molecule has 10 heteroatoms. The van der Waals surface area contributed by atoms with Crippen LogP contribution in [0.4, 0.5) is 5.69 Å². The number of carbonyl (C=O) groups is 2. The Morgan fingerprint density at radius 2 is 1.64 bits per heavy atom. The number of hydrogen-bond donors (Lipinski definition) is 3. The van der Waals surface area contributed by atoms with Crippen molar-refractivity contribution in [2.45, 2.75) is 6.54 Å². The highest BCUT2D eigenvalue weighted by Gasteiger charge is 2.18. The average molecular weight is 470 g/mol. The molecule has 0 aliphatic heterocycles. The summed E-state index contributed by atoms with van der Waals surface area (Å²) in [7, 11) is 4.39. The Bertz CT molecular complexity index is 1120. The Balaban J connectivity index is 1.70. The second-order valence-electron chi connectivity index (χ2n) is 6.63. The van der Waals surface area contributed by atoms with E-state index >= 15 is 0 Å². The van der Waals surface area contributed by atoms with Crippen LogP contribution in [-0.4, -0.2) is 38.3 Å². The van der Waals surface area contributed by atoms with Gasteiger partial charge >= 0.3 is 0 Å². The Hall–Kier alpha value is -4.05. The largest absolute Gasteiger partial charge is 0.493 e. The lowest BCUT2D eigenvalue weighted by Gasteiger charge is -2.15. The fraction of sp³-hybridized carbons (Fsp3) is 0.174. The molecule has 0 aliphatic carbocycles. The van der Waals surface area contributed by atoms with Crippen LogP contribution >= 0.6 is 12.2 Å². The van der Waals surface area contributed by atoms with Crippen LogP contribution in [0.25, 0.3) is 0 Å². The van der Waals surface area contributed by atoms with Crippen molar-refractivity contribution in [3.05, 3.63) is 71.7 Å². The summed E-state index contributed by atoms with van der Waals surface area (Å²) in [5.41, 5.74) is 1.04. The van der Waals surface area contributed by atoms with Crippen molar-refractivity contribution in [2.75, 3.05) is 26.6 Å². The smallest absolute Gasteiger partial charge is 0.257 e. The molecule has 2 amide bonds. The predicted molar refractivity (Wildman–Crippen MR) is 126 cm³/mol. The van der Waals surface area contributed by atoms with Crippen molar-refractivity contribution >= 4 is 34.8 Å². The molecule has 0 atom stereocenters. The highest BCUT2D eigenvalue weighted by Crippen LogP contribution is 2.38. The van der Waals surface area contributed by atoms with Crippen LogP contribution < -0.4 is 30.2 Å². The molecule has 1 heterocycles. The zero-order valence-electron chi connectivity index (χ0n) is 18.3. The molecule has 2 aromatic carbocycles. The molecular weight excluding hydrogens is 446 g/mol. The zero-order chi connectivity index (χ0) is 23.8. The summed E-state index contributed by atoms with van der Waals surface area (Å²) in [6, 6.07) is 13.3. The molecule has 9 nitrogen and oxygen atoms in total. The molecule has 0 radical (unpaired) electrons. The Labute approximate surface area is 196 Å². The lowest BCUT2D eigenvalue weighted by atomic mass is 10.1. The Morgan fingerprint density at radius 3 is 2.24 bits per heavy atom.